The topological polar surface area (TPSA) is 103 Å². The van der Waals surface area contributed by atoms with Gasteiger partial charge in [-0.05, 0) is 43.5 Å². The maximum Gasteiger partial charge on any atom is 0.374 e. The predicted octanol–water partition coefficient (Wildman–Crippen LogP) is 2.91. The zero-order valence-electron chi connectivity index (χ0n) is 16.3. The number of esters is 2. The second kappa shape index (κ2) is 8.79. The van der Waals surface area contributed by atoms with E-state index in [4.69, 9.17) is 9.15 Å². The summed E-state index contributed by atoms with van der Waals surface area (Å²) in [6, 6.07) is 5.94. The van der Waals surface area contributed by atoms with Crippen LogP contribution in [0.4, 0.5) is 0 Å². The Morgan fingerprint density at radius 2 is 1.83 bits per heavy atom. The van der Waals surface area contributed by atoms with Crippen LogP contribution in [0.5, 0.6) is 0 Å². The number of ether oxygens (including phenoxy) is 2. The molecule has 9 heteroatoms. The van der Waals surface area contributed by atoms with Crippen LogP contribution in [-0.2, 0) is 26.1 Å². The third-order valence-corrected chi connectivity index (χ3v) is 6.75. The molecule has 0 radical (unpaired) electrons. The highest BCUT2D eigenvalue weighted by Crippen LogP contribution is 2.23. The van der Waals surface area contributed by atoms with Crippen molar-refractivity contribution in [3.8, 4) is 0 Å². The number of furan rings is 1. The number of sulfonamides is 1. The second-order valence-corrected chi connectivity index (χ2v) is 8.72. The average molecular weight is 421 g/mol. The fourth-order valence-corrected chi connectivity index (χ4v) is 4.72. The first kappa shape index (κ1) is 21.1. The van der Waals surface area contributed by atoms with Gasteiger partial charge in [0.25, 0.3) is 0 Å². The first-order valence-electron chi connectivity index (χ1n) is 9.27. The summed E-state index contributed by atoms with van der Waals surface area (Å²) in [4.78, 5) is 24.3. The van der Waals surface area contributed by atoms with Crippen LogP contribution in [0.3, 0.4) is 0 Å². The van der Waals surface area contributed by atoms with Crippen LogP contribution < -0.4 is 0 Å². The Labute approximate surface area is 169 Å². The first-order valence-corrected chi connectivity index (χ1v) is 10.7. The standard InChI is InChI=1S/C20H23NO7S/c1-14-6-7-16(29(24,25)21-9-4-3-5-10-21)12-17(14)19(22)28-13-15-8-11-27-18(15)20(23)26-2/h6-8,11-12H,3-5,9-10,13H2,1-2H3. The third-order valence-electron chi connectivity index (χ3n) is 4.86. The van der Waals surface area contributed by atoms with E-state index in [-0.39, 0.29) is 22.8 Å². The van der Waals surface area contributed by atoms with Gasteiger partial charge in [0.15, 0.2) is 0 Å². The largest absolute Gasteiger partial charge is 0.463 e. The Morgan fingerprint density at radius 3 is 2.52 bits per heavy atom. The number of aryl methyl sites for hydroxylation is 1. The summed E-state index contributed by atoms with van der Waals surface area (Å²) >= 11 is 0. The van der Waals surface area contributed by atoms with Crippen molar-refractivity contribution in [1.82, 2.24) is 4.31 Å². The average Bonchev–Trinajstić information content (AvgIpc) is 3.21. The molecule has 3 rings (SSSR count). The summed E-state index contributed by atoms with van der Waals surface area (Å²) in [5.41, 5.74) is 1.11. The van der Waals surface area contributed by atoms with Crippen LogP contribution in [0.15, 0.2) is 39.8 Å². The fourth-order valence-electron chi connectivity index (χ4n) is 3.18. The second-order valence-electron chi connectivity index (χ2n) is 6.78. The lowest BCUT2D eigenvalue weighted by atomic mass is 10.1. The highest BCUT2D eigenvalue weighted by atomic mass is 32.2. The first-order chi connectivity index (χ1) is 13.8. The molecule has 2 heterocycles. The van der Waals surface area contributed by atoms with Crippen LogP contribution >= 0.6 is 0 Å². The zero-order chi connectivity index (χ0) is 21.0. The van der Waals surface area contributed by atoms with Crippen molar-refractivity contribution < 1.29 is 31.9 Å². The van der Waals surface area contributed by atoms with Crippen molar-refractivity contribution in [2.24, 2.45) is 0 Å². The summed E-state index contributed by atoms with van der Waals surface area (Å²) in [6.45, 7) is 2.45. The van der Waals surface area contributed by atoms with Crippen molar-refractivity contribution in [3.05, 3.63) is 53.0 Å². The Balaban J connectivity index is 1.78. The molecule has 0 amide bonds. The van der Waals surface area contributed by atoms with Crippen LogP contribution in [0.25, 0.3) is 0 Å². The molecule has 1 saturated heterocycles. The van der Waals surface area contributed by atoms with Crippen molar-refractivity contribution in [3.63, 3.8) is 0 Å². The summed E-state index contributed by atoms with van der Waals surface area (Å²) in [5.74, 6) is -1.40. The Morgan fingerprint density at radius 1 is 1.10 bits per heavy atom. The lowest BCUT2D eigenvalue weighted by Crippen LogP contribution is -2.35. The molecular formula is C20H23NO7S. The summed E-state index contributed by atoms with van der Waals surface area (Å²) < 4.78 is 42.2. The van der Waals surface area contributed by atoms with Gasteiger partial charge in [0, 0.05) is 18.7 Å². The van der Waals surface area contributed by atoms with Crippen LogP contribution in [0.1, 0.15) is 51.3 Å². The number of methoxy groups -OCH3 is 1. The Bertz CT molecular complexity index is 1000. The molecule has 2 aromatic rings. The highest BCUT2D eigenvalue weighted by molar-refractivity contribution is 7.89. The maximum absolute atomic E-state index is 12.9. The zero-order valence-corrected chi connectivity index (χ0v) is 17.2. The molecule has 0 N–H and O–H groups in total. The van der Waals surface area contributed by atoms with E-state index in [9.17, 15) is 18.0 Å². The van der Waals surface area contributed by atoms with Gasteiger partial charge in [-0.25, -0.2) is 18.0 Å². The predicted molar refractivity (Wildman–Crippen MR) is 103 cm³/mol. The number of hydrogen-bond acceptors (Lipinski definition) is 7. The number of benzene rings is 1. The minimum Gasteiger partial charge on any atom is -0.463 e. The van der Waals surface area contributed by atoms with Crippen molar-refractivity contribution >= 4 is 22.0 Å². The molecule has 29 heavy (non-hydrogen) atoms. The molecule has 8 nitrogen and oxygen atoms in total. The third kappa shape index (κ3) is 4.51. The van der Waals surface area contributed by atoms with E-state index in [0.717, 1.165) is 19.3 Å². The smallest absolute Gasteiger partial charge is 0.374 e. The number of carbonyl (C=O) groups is 2. The van der Waals surface area contributed by atoms with E-state index >= 15 is 0 Å². The molecule has 1 aliphatic heterocycles. The van der Waals surface area contributed by atoms with Gasteiger partial charge in [-0.2, -0.15) is 4.31 Å². The maximum atomic E-state index is 12.9. The molecular weight excluding hydrogens is 398 g/mol. The molecule has 156 valence electrons. The van der Waals surface area contributed by atoms with Crippen LogP contribution in [0, 0.1) is 6.92 Å². The molecule has 0 unspecified atom stereocenters. The molecule has 0 saturated carbocycles. The van der Waals surface area contributed by atoms with Gasteiger partial charge >= 0.3 is 11.9 Å². The van der Waals surface area contributed by atoms with E-state index in [2.05, 4.69) is 4.74 Å². The fraction of sp³-hybridized carbons (Fsp3) is 0.400. The van der Waals surface area contributed by atoms with Crippen molar-refractivity contribution in [1.29, 1.82) is 0 Å². The van der Waals surface area contributed by atoms with Crippen LogP contribution in [0.2, 0.25) is 0 Å². The monoisotopic (exact) mass is 421 g/mol. The molecule has 0 atom stereocenters. The van der Waals surface area contributed by atoms with E-state index in [0.29, 0.717) is 24.2 Å². The molecule has 1 aliphatic rings. The number of rotatable bonds is 6. The SMILES string of the molecule is COC(=O)c1occc1COC(=O)c1cc(S(=O)(=O)N2CCCCC2)ccc1C. The highest BCUT2D eigenvalue weighted by Gasteiger charge is 2.27. The van der Waals surface area contributed by atoms with Gasteiger partial charge < -0.3 is 13.9 Å². The van der Waals surface area contributed by atoms with Crippen LogP contribution in [-0.4, -0.2) is 44.9 Å². The minimum atomic E-state index is -3.66. The molecule has 1 aromatic heterocycles. The summed E-state index contributed by atoms with van der Waals surface area (Å²) in [5, 5.41) is 0. The number of piperidine rings is 1. The summed E-state index contributed by atoms with van der Waals surface area (Å²) in [7, 11) is -2.44. The lowest BCUT2D eigenvalue weighted by Gasteiger charge is -2.26. The summed E-state index contributed by atoms with van der Waals surface area (Å²) in [6.07, 6.45) is 3.96. The van der Waals surface area contributed by atoms with Gasteiger partial charge in [-0.15, -0.1) is 0 Å². The number of carbonyl (C=O) groups excluding carboxylic acids is 2. The Kier molecular flexibility index (Phi) is 6.39. The van der Waals surface area contributed by atoms with Gasteiger partial charge in [0.1, 0.15) is 6.61 Å². The molecule has 1 aromatic carbocycles. The molecule has 0 spiro atoms. The van der Waals surface area contributed by atoms with E-state index < -0.39 is 22.0 Å². The normalized spacial score (nSPS) is 15.1. The molecule has 0 aliphatic carbocycles. The van der Waals surface area contributed by atoms with E-state index in [1.807, 2.05) is 0 Å². The van der Waals surface area contributed by atoms with Gasteiger partial charge in [0.2, 0.25) is 15.8 Å². The molecule has 0 bridgehead atoms. The minimum absolute atomic E-state index is 0.0431. The quantitative estimate of drug-likeness (QED) is 0.661. The number of hydrogen-bond donors (Lipinski definition) is 0. The van der Waals surface area contributed by atoms with Gasteiger partial charge in [-0.1, -0.05) is 12.5 Å². The van der Waals surface area contributed by atoms with Crippen molar-refractivity contribution in [2.75, 3.05) is 20.2 Å². The Hall–Kier alpha value is -2.65. The number of nitrogens with zero attached hydrogens (tertiary/aromatic N) is 1. The van der Waals surface area contributed by atoms with Gasteiger partial charge in [0.05, 0.1) is 23.8 Å². The van der Waals surface area contributed by atoms with Gasteiger partial charge in [-0.3, -0.25) is 0 Å². The van der Waals surface area contributed by atoms with Crippen molar-refractivity contribution in [2.45, 2.75) is 37.7 Å². The lowest BCUT2D eigenvalue weighted by molar-refractivity contribution is 0.0452. The van der Waals surface area contributed by atoms with E-state index in [1.54, 1.807) is 13.0 Å². The van der Waals surface area contributed by atoms with E-state index in [1.165, 1.54) is 35.9 Å². The molecule has 1 fully saturated rings.